The largest absolute Gasteiger partial charge is 0.493 e. The van der Waals surface area contributed by atoms with E-state index in [2.05, 4.69) is 21.2 Å². The Balaban J connectivity index is 2.19. The minimum atomic E-state index is -0.522. The number of benzene rings is 1. The first-order chi connectivity index (χ1) is 8.08. The molecule has 0 saturated heterocycles. The lowest BCUT2D eigenvalue weighted by Crippen LogP contribution is -2.31. The Kier molecular flexibility index (Phi) is 6.00. The maximum Gasteiger partial charge on any atom is 0.223 e. The molecule has 94 valence electrons. The van der Waals surface area contributed by atoms with Crippen molar-refractivity contribution in [1.82, 2.24) is 5.32 Å². The molecule has 1 aromatic rings. The van der Waals surface area contributed by atoms with Gasteiger partial charge in [-0.25, -0.2) is 0 Å². The van der Waals surface area contributed by atoms with Gasteiger partial charge in [0.15, 0.2) is 0 Å². The van der Waals surface area contributed by atoms with Crippen LogP contribution in [0.5, 0.6) is 5.75 Å². The van der Waals surface area contributed by atoms with Crippen LogP contribution in [0.4, 0.5) is 0 Å². The maximum atomic E-state index is 11.3. The van der Waals surface area contributed by atoms with Crippen LogP contribution in [0.25, 0.3) is 0 Å². The molecule has 1 aromatic carbocycles. The van der Waals surface area contributed by atoms with Crippen LogP contribution in [-0.4, -0.2) is 30.3 Å². The molecule has 1 amide bonds. The molecule has 0 aromatic heterocycles. The highest BCUT2D eigenvalue weighted by Gasteiger charge is 2.03. The van der Waals surface area contributed by atoms with Crippen molar-refractivity contribution in [2.45, 2.75) is 19.4 Å². The summed E-state index contributed by atoms with van der Waals surface area (Å²) >= 11 is 3.33. The van der Waals surface area contributed by atoms with Crippen LogP contribution < -0.4 is 10.1 Å². The summed E-state index contributed by atoms with van der Waals surface area (Å²) in [5, 5.41) is 11.6. The number of nitrogens with one attached hydrogen (secondary N) is 1. The van der Waals surface area contributed by atoms with Crippen molar-refractivity contribution in [2.24, 2.45) is 0 Å². The van der Waals surface area contributed by atoms with Gasteiger partial charge in [0.25, 0.3) is 0 Å². The van der Waals surface area contributed by atoms with E-state index in [9.17, 15) is 4.79 Å². The van der Waals surface area contributed by atoms with Gasteiger partial charge < -0.3 is 15.2 Å². The standard InChI is InChI=1S/C12H16BrNO3/c1-9(15)8-14-12(16)6-7-17-11-4-2-10(13)3-5-11/h2-5,9,15H,6-8H2,1H3,(H,14,16)/t9-/m1/s1. The van der Waals surface area contributed by atoms with Crippen LogP contribution in [0.3, 0.4) is 0 Å². The van der Waals surface area contributed by atoms with Gasteiger partial charge in [0, 0.05) is 11.0 Å². The lowest BCUT2D eigenvalue weighted by Gasteiger charge is -2.08. The highest BCUT2D eigenvalue weighted by atomic mass is 79.9. The highest BCUT2D eigenvalue weighted by molar-refractivity contribution is 9.10. The average Bonchev–Trinajstić information content (AvgIpc) is 2.29. The second kappa shape index (κ2) is 7.29. The van der Waals surface area contributed by atoms with Crippen LogP contribution in [0.2, 0.25) is 0 Å². The summed E-state index contributed by atoms with van der Waals surface area (Å²) in [6.45, 7) is 2.23. The lowest BCUT2D eigenvalue weighted by molar-refractivity contribution is -0.122. The predicted molar refractivity (Wildman–Crippen MR) is 68.9 cm³/mol. The first-order valence-electron chi connectivity index (χ1n) is 5.41. The fourth-order valence-corrected chi connectivity index (χ4v) is 1.41. The third-order valence-corrected chi connectivity index (χ3v) is 2.53. The van der Waals surface area contributed by atoms with Crippen molar-refractivity contribution < 1.29 is 14.6 Å². The Hall–Kier alpha value is -1.07. The molecule has 0 bridgehead atoms. The molecule has 0 saturated carbocycles. The summed E-state index contributed by atoms with van der Waals surface area (Å²) in [4.78, 5) is 11.3. The molecule has 0 aliphatic rings. The number of aliphatic hydroxyl groups is 1. The highest BCUT2D eigenvalue weighted by Crippen LogP contribution is 2.15. The average molecular weight is 302 g/mol. The summed E-state index contributed by atoms with van der Waals surface area (Å²) in [5.74, 6) is 0.611. The fraction of sp³-hybridized carbons (Fsp3) is 0.417. The minimum Gasteiger partial charge on any atom is -0.493 e. The minimum absolute atomic E-state index is 0.122. The normalized spacial score (nSPS) is 11.9. The van der Waals surface area contributed by atoms with E-state index in [4.69, 9.17) is 9.84 Å². The zero-order chi connectivity index (χ0) is 12.7. The number of aliphatic hydroxyl groups excluding tert-OH is 1. The van der Waals surface area contributed by atoms with Crippen LogP contribution in [0, 0.1) is 0 Å². The van der Waals surface area contributed by atoms with Crippen LogP contribution >= 0.6 is 15.9 Å². The first-order valence-corrected chi connectivity index (χ1v) is 6.20. The molecule has 2 N–H and O–H groups in total. The number of amides is 1. The molecule has 0 aliphatic heterocycles. The van der Waals surface area contributed by atoms with Crippen molar-refractivity contribution in [3.8, 4) is 5.75 Å². The van der Waals surface area contributed by atoms with Gasteiger partial charge in [-0.15, -0.1) is 0 Å². The zero-order valence-electron chi connectivity index (χ0n) is 9.65. The van der Waals surface area contributed by atoms with Gasteiger partial charge in [-0.2, -0.15) is 0 Å². The molecule has 0 aliphatic carbocycles. The summed E-state index contributed by atoms with van der Waals surface area (Å²) in [5.41, 5.74) is 0. The molecule has 0 radical (unpaired) electrons. The van der Waals surface area contributed by atoms with E-state index >= 15 is 0 Å². The Labute approximate surface area is 109 Å². The molecule has 1 atom stereocenters. The lowest BCUT2D eigenvalue weighted by atomic mass is 10.3. The number of hydrogen-bond acceptors (Lipinski definition) is 3. The zero-order valence-corrected chi connectivity index (χ0v) is 11.2. The van der Waals surface area contributed by atoms with E-state index in [0.717, 1.165) is 10.2 Å². The molecule has 17 heavy (non-hydrogen) atoms. The third kappa shape index (κ3) is 6.28. The van der Waals surface area contributed by atoms with E-state index in [1.807, 2.05) is 24.3 Å². The number of rotatable bonds is 6. The van der Waals surface area contributed by atoms with Gasteiger partial charge >= 0.3 is 0 Å². The van der Waals surface area contributed by atoms with Gasteiger partial charge in [0.05, 0.1) is 19.1 Å². The SMILES string of the molecule is C[C@@H](O)CNC(=O)CCOc1ccc(Br)cc1. The van der Waals surface area contributed by atoms with E-state index in [1.165, 1.54) is 0 Å². The topological polar surface area (TPSA) is 58.6 Å². The van der Waals surface area contributed by atoms with E-state index in [-0.39, 0.29) is 18.9 Å². The molecule has 0 spiro atoms. The molecular formula is C12H16BrNO3. The van der Waals surface area contributed by atoms with Crippen molar-refractivity contribution in [3.63, 3.8) is 0 Å². The molecular weight excluding hydrogens is 286 g/mol. The van der Waals surface area contributed by atoms with Gasteiger partial charge in [-0.05, 0) is 31.2 Å². The molecule has 0 heterocycles. The number of hydrogen-bond donors (Lipinski definition) is 2. The third-order valence-electron chi connectivity index (χ3n) is 2.01. The molecule has 4 nitrogen and oxygen atoms in total. The second-order valence-electron chi connectivity index (χ2n) is 3.71. The fourth-order valence-electron chi connectivity index (χ4n) is 1.14. The monoisotopic (exact) mass is 301 g/mol. The van der Waals surface area contributed by atoms with Crippen LogP contribution in [-0.2, 0) is 4.79 Å². The van der Waals surface area contributed by atoms with Crippen LogP contribution in [0.1, 0.15) is 13.3 Å². The van der Waals surface area contributed by atoms with Crippen molar-refractivity contribution in [3.05, 3.63) is 28.7 Å². The van der Waals surface area contributed by atoms with Crippen molar-refractivity contribution >= 4 is 21.8 Å². The van der Waals surface area contributed by atoms with Gasteiger partial charge in [0.2, 0.25) is 5.91 Å². The van der Waals surface area contributed by atoms with Crippen molar-refractivity contribution in [2.75, 3.05) is 13.2 Å². The smallest absolute Gasteiger partial charge is 0.223 e. The molecule has 0 unspecified atom stereocenters. The quantitative estimate of drug-likeness (QED) is 0.841. The number of halogens is 1. The second-order valence-corrected chi connectivity index (χ2v) is 4.62. The number of ether oxygens (including phenoxy) is 1. The Bertz CT molecular complexity index is 351. The Morgan fingerprint density at radius 1 is 1.47 bits per heavy atom. The summed E-state index contributed by atoms with van der Waals surface area (Å²) in [7, 11) is 0. The number of carbonyl (C=O) groups is 1. The molecule has 5 heteroatoms. The van der Waals surface area contributed by atoms with Crippen molar-refractivity contribution in [1.29, 1.82) is 0 Å². The van der Waals surface area contributed by atoms with E-state index in [0.29, 0.717) is 6.61 Å². The molecule has 1 rings (SSSR count). The van der Waals surface area contributed by atoms with Gasteiger partial charge in [-0.3, -0.25) is 4.79 Å². The van der Waals surface area contributed by atoms with E-state index in [1.54, 1.807) is 6.92 Å². The Morgan fingerprint density at radius 3 is 2.71 bits per heavy atom. The summed E-state index contributed by atoms with van der Waals surface area (Å²) in [6, 6.07) is 7.42. The summed E-state index contributed by atoms with van der Waals surface area (Å²) in [6.07, 6.45) is -0.241. The maximum absolute atomic E-state index is 11.3. The Morgan fingerprint density at radius 2 is 2.12 bits per heavy atom. The summed E-state index contributed by atoms with van der Waals surface area (Å²) < 4.78 is 6.38. The van der Waals surface area contributed by atoms with Gasteiger partial charge in [0.1, 0.15) is 5.75 Å². The van der Waals surface area contributed by atoms with Gasteiger partial charge in [-0.1, -0.05) is 15.9 Å². The van der Waals surface area contributed by atoms with Crippen LogP contribution in [0.15, 0.2) is 28.7 Å². The number of carbonyl (C=O) groups excluding carboxylic acids is 1. The first kappa shape index (κ1) is 14.0. The predicted octanol–water partition coefficient (Wildman–Crippen LogP) is 1.71. The van der Waals surface area contributed by atoms with E-state index < -0.39 is 6.10 Å². The molecule has 0 fully saturated rings.